The molecule has 4 rings (SSSR count). The number of aryl methyl sites for hydroxylation is 3. The van der Waals surface area contributed by atoms with Crippen molar-refractivity contribution in [1.82, 2.24) is 9.55 Å². The van der Waals surface area contributed by atoms with Crippen molar-refractivity contribution >= 4 is 28.2 Å². The summed E-state index contributed by atoms with van der Waals surface area (Å²) in [5.41, 5.74) is 4.18. The topological polar surface area (TPSA) is 82.8 Å². The molecule has 2 aromatic heterocycles. The predicted molar refractivity (Wildman–Crippen MR) is 147 cm³/mol. The van der Waals surface area contributed by atoms with Gasteiger partial charge in [0.05, 0.1) is 24.7 Å². The third kappa shape index (κ3) is 6.43. The van der Waals surface area contributed by atoms with Gasteiger partial charge in [-0.1, -0.05) is 13.3 Å². The summed E-state index contributed by atoms with van der Waals surface area (Å²) in [4.78, 5) is 16.9. The molecule has 0 saturated carbocycles. The van der Waals surface area contributed by atoms with E-state index in [2.05, 4.69) is 24.0 Å². The van der Waals surface area contributed by atoms with Crippen LogP contribution in [-0.4, -0.2) is 40.4 Å². The molecule has 0 bridgehead atoms. The first-order valence-electron chi connectivity index (χ1n) is 12.7. The molecular weight excluding hydrogens is 488 g/mol. The van der Waals surface area contributed by atoms with Gasteiger partial charge in [0.2, 0.25) is 5.88 Å². The average molecular weight is 523 g/mol. The summed E-state index contributed by atoms with van der Waals surface area (Å²) in [6.45, 7) is 9.78. The van der Waals surface area contributed by atoms with Crippen molar-refractivity contribution in [2.24, 2.45) is 0 Å². The third-order valence-corrected chi connectivity index (χ3v) is 7.04. The Morgan fingerprint density at radius 1 is 1.05 bits per heavy atom. The Bertz CT molecular complexity index is 1370. The molecule has 1 N–H and O–H groups in total. The van der Waals surface area contributed by atoms with Crippen LogP contribution in [0.3, 0.4) is 0 Å². The lowest BCUT2D eigenvalue weighted by Gasteiger charge is -2.13. The Balaban J connectivity index is 1.34. The first-order chi connectivity index (χ1) is 17.9. The number of carbonyl (C=O) groups is 1. The molecule has 8 heteroatoms. The zero-order chi connectivity index (χ0) is 26.4. The van der Waals surface area contributed by atoms with Gasteiger partial charge in [-0.25, -0.2) is 4.98 Å². The second-order valence-corrected chi connectivity index (χ2v) is 10.2. The molecule has 7 nitrogen and oxygen atoms in total. The highest BCUT2D eigenvalue weighted by Gasteiger charge is 2.13. The van der Waals surface area contributed by atoms with Gasteiger partial charge < -0.3 is 23.9 Å². The van der Waals surface area contributed by atoms with Crippen molar-refractivity contribution in [3.05, 3.63) is 58.6 Å². The van der Waals surface area contributed by atoms with Crippen molar-refractivity contribution < 1.29 is 24.1 Å². The fraction of sp³-hybridized carbons (Fsp3) is 0.379. The van der Waals surface area contributed by atoms with Gasteiger partial charge in [-0.3, -0.25) is 4.79 Å². The number of aliphatic carboxylic acids is 1. The number of carboxylic acids is 1. The van der Waals surface area contributed by atoms with Crippen molar-refractivity contribution in [2.75, 3.05) is 19.8 Å². The lowest BCUT2D eigenvalue weighted by molar-refractivity contribution is -0.137. The second kappa shape index (κ2) is 12.1. The zero-order valence-corrected chi connectivity index (χ0v) is 22.7. The number of nitrogens with zero attached hydrogens (tertiary/aromatic N) is 2. The number of thiazole rings is 1. The highest BCUT2D eigenvalue weighted by Crippen LogP contribution is 2.34. The van der Waals surface area contributed by atoms with E-state index in [0.717, 1.165) is 62.7 Å². The predicted octanol–water partition coefficient (Wildman–Crippen LogP) is 6.67. The maximum absolute atomic E-state index is 11.1. The van der Waals surface area contributed by atoms with Crippen molar-refractivity contribution in [3.8, 4) is 28.0 Å². The number of ether oxygens (including phenoxy) is 3. The van der Waals surface area contributed by atoms with Crippen LogP contribution in [0.15, 0.2) is 42.6 Å². The van der Waals surface area contributed by atoms with Crippen LogP contribution >= 0.6 is 11.3 Å². The van der Waals surface area contributed by atoms with E-state index in [1.165, 1.54) is 5.56 Å². The van der Waals surface area contributed by atoms with Crippen molar-refractivity contribution in [2.45, 2.75) is 53.5 Å². The smallest absolute Gasteiger partial charge is 0.323 e. The molecule has 0 fully saturated rings. The number of aromatic nitrogens is 2. The number of fused-ring (bicyclic) bond motifs is 1. The summed E-state index contributed by atoms with van der Waals surface area (Å²) in [6, 6.07) is 12.0. The molecule has 196 valence electrons. The molecule has 0 unspecified atom stereocenters. The highest BCUT2D eigenvalue weighted by atomic mass is 32.1. The Morgan fingerprint density at radius 2 is 1.86 bits per heavy atom. The Hall–Kier alpha value is -3.52. The molecule has 4 aromatic rings. The molecule has 0 spiro atoms. The zero-order valence-electron chi connectivity index (χ0n) is 21.9. The van der Waals surface area contributed by atoms with Crippen LogP contribution in [0.4, 0.5) is 0 Å². The van der Waals surface area contributed by atoms with Gasteiger partial charge >= 0.3 is 5.97 Å². The van der Waals surface area contributed by atoms with Crippen molar-refractivity contribution in [1.29, 1.82) is 0 Å². The van der Waals surface area contributed by atoms with Gasteiger partial charge in [0.15, 0.2) is 0 Å². The maximum Gasteiger partial charge on any atom is 0.323 e. The Labute approximate surface area is 221 Å². The average Bonchev–Trinajstić information content (AvgIpc) is 3.38. The monoisotopic (exact) mass is 522 g/mol. The molecule has 0 aliphatic carbocycles. The van der Waals surface area contributed by atoms with Crippen molar-refractivity contribution in [3.63, 3.8) is 0 Å². The molecule has 0 aliphatic rings. The molecule has 0 amide bonds. The number of hydrogen-bond donors (Lipinski definition) is 1. The molecule has 0 atom stereocenters. The summed E-state index contributed by atoms with van der Waals surface area (Å²) in [7, 11) is 0. The van der Waals surface area contributed by atoms with E-state index >= 15 is 0 Å². The van der Waals surface area contributed by atoms with Crippen LogP contribution in [0.2, 0.25) is 0 Å². The Kier molecular flexibility index (Phi) is 8.71. The van der Waals surface area contributed by atoms with Crippen LogP contribution < -0.4 is 14.2 Å². The summed E-state index contributed by atoms with van der Waals surface area (Å²) in [5.74, 6) is 1.53. The fourth-order valence-corrected chi connectivity index (χ4v) is 5.20. The minimum Gasteiger partial charge on any atom is -0.493 e. The van der Waals surface area contributed by atoms with E-state index in [1.807, 2.05) is 51.2 Å². The quantitative estimate of drug-likeness (QED) is 0.198. The van der Waals surface area contributed by atoms with E-state index in [1.54, 1.807) is 15.9 Å². The van der Waals surface area contributed by atoms with Crippen LogP contribution in [0.5, 0.6) is 17.4 Å². The maximum atomic E-state index is 11.1. The molecule has 37 heavy (non-hydrogen) atoms. The highest BCUT2D eigenvalue weighted by molar-refractivity contribution is 7.15. The normalized spacial score (nSPS) is 11.1. The van der Waals surface area contributed by atoms with Crippen LogP contribution in [-0.2, 0) is 17.8 Å². The number of hydrogen-bond acceptors (Lipinski definition) is 6. The molecule has 2 heterocycles. The van der Waals surface area contributed by atoms with E-state index in [-0.39, 0.29) is 6.54 Å². The minimum absolute atomic E-state index is 0.0549. The van der Waals surface area contributed by atoms with Crippen LogP contribution in [0.25, 0.3) is 21.5 Å². The summed E-state index contributed by atoms with van der Waals surface area (Å²) < 4.78 is 19.5. The minimum atomic E-state index is -0.858. The second-order valence-electron chi connectivity index (χ2n) is 8.95. The molecule has 0 saturated heterocycles. The molecular formula is C29H34N2O5S. The van der Waals surface area contributed by atoms with Crippen LogP contribution in [0, 0.1) is 13.8 Å². The fourth-order valence-electron chi connectivity index (χ4n) is 4.35. The molecule has 0 radical (unpaired) electrons. The van der Waals surface area contributed by atoms with Gasteiger partial charge in [0.1, 0.15) is 23.1 Å². The van der Waals surface area contributed by atoms with Gasteiger partial charge in [-0.05, 0) is 74.7 Å². The van der Waals surface area contributed by atoms with Gasteiger partial charge in [-0.2, -0.15) is 0 Å². The van der Waals surface area contributed by atoms with E-state index in [4.69, 9.17) is 19.3 Å². The van der Waals surface area contributed by atoms with E-state index in [0.29, 0.717) is 25.7 Å². The summed E-state index contributed by atoms with van der Waals surface area (Å²) >= 11 is 1.65. The molecule has 0 aliphatic heterocycles. The van der Waals surface area contributed by atoms with Gasteiger partial charge in [-0.15, -0.1) is 11.3 Å². The largest absolute Gasteiger partial charge is 0.493 e. The first kappa shape index (κ1) is 26.5. The summed E-state index contributed by atoms with van der Waals surface area (Å²) in [5, 5.41) is 11.1. The lowest BCUT2D eigenvalue weighted by atomic mass is 10.1. The standard InChI is InChI=1S/C29H34N2O5S/c1-5-8-21-15-22(29-30-28(34-6-2)20(4)37-29)9-12-26(21)36-14-7-13-35-23-10-11-25-24(16-23)19(3)17-31(25)18-27(32)33/h9-12,15-17H,5-8,13-14,18H2,1-4H3,(H,32,33). The van der Waals surface area contributed by atoms with Crippen LogP contribution in [0.1, 0.15) is 42.7 Å². The number of rotatable bonds is 13. The first-order valence-corrected chi connectivity index (χ1v) is 13.5. The lowest BCUT2D eigenvalue weighted by Crippen LogP contribution is -2.07. The van der Waals surface area contributed by atoms with Gasteiger partial charge in [0.25, 0.3) is 0 Å². The third-order valence-electron chi connectivity index (χ3n) is 6.03. The van der Waals surface area contributed by atoms with Gasteiger partial charge in [0, 0.05) is 29.1 Å². The SMILES string of the molecule is CCCc1cc(-c2nc(OCC)c(C)s2)ccc1OCCCOc1ccc2c(c1)c(C)cn2CC(=O)O. The van der Waals surface area contributed by atoms with E-state index < -0.39 is 5.97 Å². The number of benzene rings is 2. The Morgan fingerprint density at radius 3 is 2.62 bits per heavy atom. The summed E-state index contributed by atoms with van der Waals surface area (Å²) in [6.07, 6.45) is 4.57. The van der Waals surface area contributed by atoms with E-state index in [9.17, 15) is 4.79 Å². The molecule has 2 aromatic carbocycles. The number of carboxylic acid groups (broad SMARTS) is 1.